The summed E-state index contributed by atoms with van der Waals surface area (Å²) in [5.41, 5.74) is 7.73. The zero-order chi connectivity index (χ0) is 14.8. The van der Waals surface area contributed by atoms with Crippen molar-refractivity contribution in [3.63, 3.8) is 0 Å². The van der Waals surface area contributed by atoms with Gasteiger partial charge in [-0.25, -0.2) is 13.1 Å². The molecular formula is C13H20N2O2S3. The zero-order valence-electron chi connectivity index (χ0n) is 11.7. The van der Waals surface area contributed by atoms with Crippen LogP contribution in [0.5, 0.6) is 0 Å². The molecule has 1 aliphatic rings. The highest BCUT2D eigenvalue weighted by Gasteiger charge is 2.22. The third kappa shape index (κ3) is 3.84. The molecule has 2 rings (SSSR count). The van der Waals surface area contributed by atoms with Crippen LogP contribution in [0.25, 0.3) is 0 Å². The Bertz CT molecular complexity index is 558. The number of aryl methyl sites for hydroxylation is 2. The van der Waals surface area contributed by atoms with Gasteiger partial charge in [0.1, 0.15) is 0 Å². The molecule has 1 saturated heterocycles. The monoisotopic (exact) mass is 332 g/mol. The molecule has 1 fully saturated rings. The van der Waals surface area contributed by atoms with Crippen molar-refractivity contribution in [2.24, 2.45) is 0 Å². The minimum Gasteiger partial charge on any atom is -0.399 e. The van der Waals surface area contributed by atoms with Crippen LogP contribution in [0.3, 0.4) is 0 Å². The number of sulfonamides is 1. The fourth-order valence-corrected chi connectivity index (χ4v) is 6.58. The molecule has 1 aliphatic heterocycles. The van der Waals surface area contributed by atoms with Gasteiger partial charge in [-0.1, -0.05) is 0 Å². The number of nitrogens with two attached hydrogens (primary N) is 1. The summed E-state index contributed by atoms with van der Waals surface area (Å²) in [6.45, 7) is 4.05. The summed E-state index contributed by atoms with van der Waals surface area (Å²) in [6, 6.07) is 3.40. The lowest BCUT2D eigenvalue weighted by Gasteiger charge is -2.21. The summed E-state index contributed by atoms with van der Waals surface area (Å²) in [5.74, 6) is 3.26. The normalized spacial score (nSPS) is 20.0. The molecule has 20 heavy (non-hydrogen) atoms. The summed E-state index contributed by atoms with van der Waals surface area (Å²) >= 11 is 3.73. The van der Waals surface area contributed by atoms with E-state index in [0.717, 1.165) is 17.3 Å². The standard InChI is InChI=1S/C13H20N2O2S3/c1-9-5-11(14)6-10(2)13(9)20(16,17)15-7-12-8-18-3-4-19-12/h5-6,12,15H,3-4,7-8,14H2,1-2H3. The smallest absolute Gasteiger partial charge is 0.241 e. The molecule has 3 N–H and O–H groups in total. The summed E-state index contributed by atoms with van der Waals surface area (Å²) in [4.78, 5) is 0.361. The van der Waals surface area contributed by atoms with E-state index in [1.807, 2.05) is 23.5 Å². The van der Waals surface area contributed by atoms with Gasteiger partial charge in [-0.3, -0.25) is 0 Å². The van der Waals surface area contributed by atoms with Crippen molar-refractivity contribution < 1.29 is 8.42 Å². The molecule has 0 aliphatic carbocycles. The Morgan fingerprint density at radius 2 is 1.95 bits per heavy atom. The molecular weight excluding hydrogens is 312 g/mol. The Morgan fingerprint density at radius 3 is 2.50 bits per heavy atom. The fourth-order valence-electron chi connectivity index (χ4n) is 2.34. The largest absolute Gasteiger partial charge is 0.399 e. The van der Waals surface area contributed by atoms with Crippen LogP contribution < -0.4 is 10.5 Å². The molecule has 0 bridgehead atoms. The van der Waals surface area contributed by atoms with Crippen molar-refractivity contribution >= 4 is 39.2 Å². The number of hydrogen-bond acceptors (Lipinski definition) is 5. The third-order valence-electron chi connectivity index (χ3n) is 3.14. The van der Waals surface area contributed by atoms with E-state index < -0.39 is 10.0 Å². The van der Waals surface area contributed by atoms with E-state index in [9.17, 15) is 8.42 Å². The van der Waals surface area contributed by atoms with Crippen LogP contribution in [-0.4, -0.2) is 37.5 Å². The average Bonchev–Trinajstić information content (AvgIpc) is 2.36. The van der Waals surface area contributed by atoms with E-state index in [1.54, 1.807) is 26.0 Å². The quantitative estimate of drug-likeness (QED) is 0.825. The lowest BCUT2D eigenvalue weighted by atomic mass is 10.1. The number of thioether (sulfide) groups is 2. The van der Waals surface area contributed by atoms with Gasteiger partial charge in [-0.05, 0) is 37.1 Å². The second-order valence-corrected chi connectivity index (χ2v) is 9.17. The molecule has 1 aromatic rings. The summed E-state index contributed by atoms with van der Waals surface area (Å²) in [6.07, 6.45) is 0. The maximum atomic E-state index is 12.5. The van der Waals surface area contributed by atoms with Gasteiger partial charge < -0.3 is 5.73 Å². The first-order valence-corrected chi connectivity index (χ1v) is 10.1. The number of benzene rings is 1. The van der Waals surface area contributed by atoms with Gasteiger partial charge in [0.05, 0.1) is 4.90 Å². The van der Waals surface area contributed by atoms with Gasteiger partial charge in [0.2, 0.25) is 10.0 Å². The molecule has 0 amide bonds. The average molecular weight is 333 g/mol. The first-order chi connectivity index (χ1) is 9.40. The van der Waals surface area contributed by atoms with Crippen LogP contribution in [-0.2, 0) is 10.0 Å². The summed E-state index contributed by atoms with van der Waals surface area (Å²) in [5, 5.41) is 0.359. The molecule has 112 valence electrons. The highest BCUT2D eigenvalue weighted by Crippen LogP contribution is 2.25. The number of anilines is 1. The van der Waals surface area contributed by atoms with Crippen molar-refractivity contribution in [2.75, 3.05) is 29.5 Å². The summed E-state index contributed by atoms with van der Waals surface area (Å²) < 4.78 is 27.7. The van der Waals surface area contributed by atoms with Crippen molar-refractivity contribution in [1.82, 2.24) is 4.72 Å². The van der Waals surface area contributed by atoms with Gasteiger partial charge in [-0.2, -0.15) is 23.5 Å². The van der Waals surface area contributed by atoms with Crippen LogP contribution in [0.4, 0.5) is 5.69 Å². The molecule has 7 heteroatoms. The van der Waals surface area contributed by atoms with Crippen LogP contribution in [0.2, 0.25) is 0 Å². The Balaban J connectivity index is 2.14. The number of hydrogen-bond donors (Lipinski definition) is 2. The van der Waals surface area contributed by atoms with E-state index in [0.29, 0.717) is 33.5 Å². The topological polar surface area (TPSA) is 72.2 Å². The molecule has 0 radical (unpaired) electrons. The maximum absolute atomic E-state index is 12.5. The van der Waals surface area contributed by atoms with E-state index in [-0.39, 0.29) is 0 Å². The second-order valence-electron chi connectivity index (χ2n) is 4.90. The Kier molecular flexibility index (Phi) is 5.28. The first kappa shape index (κ1) is 16.0. The molecule has 0 saturated carbocycles. The summed E-state index contributed by atoms with van der Waals surface area (Å²) in [7, 11) is -3.47. The van der Waals surface area contributed by atoms with Crippen molar-refractivity contribution in [3.05, 3.63) is 23.3 Å². The van der Waals surface area contributed by atoms with Gasteiger partial charge in [0.25, 0.3) is 0 Å². The molecule has 0 spiro atoms. The Morgan fingerprint density at radius 1 is 1.30 bits per heavy atom. The fraction of sp³-hybridized carbons (Fsp3) is 0.538. The second kappa shape index (κ2) is 6.60. The lowest BCUT2D eigenvalue weighted by molar-refractivity contribution is 0.580. The minimum atomic E-state index is -3.47. The van der Waals surface area contributed by atoms with Crippen LogP contribution in [0, 0.1) is 13.8 Å². The van der Waals surface area contributed by atoms with Gasteiger partial charge >= 0.3 is 0 Å². The lowest BCUT2D eigenvalue weighted by Crippen LogP contribution is -2.34. The molecule has 1 unspecified atom stereocenters. The predicted octanol–water partition coefficient (Wildman–Crippen LogP) is 2.01. The van der Waals surface area contributed by atoms with Gasteiger partial charge in [0.15, 0.2) is 0 Å². The van der Waals surface area contributed by atoms with E-state index in [2.05, 4.69) is 4.72 Å². The molecule has 1 aromatic carbocycles. The number of nitrogens with one attached hydrogen (secondary N) is 1. The highest BCUT2D eigenvalue weighted by molar-refractivity contribution is 8.06. The maximum Gasteiger partial charge on any atom is 0.241 e. The molecule has 1 atom stereocenters. The SMILES string of the molecule is Cc1cc(N)cc(C)c1S(=O)(=O)NCC1CSCCS1. The van der Waals surface area contributed by atoms with Crippen LogP contribution in [0.1, 0.15) is 11.1 Å². The third-order valence-corrected chi connectivity index (χ3v) is 7.71. The van der Waals surface area contributed by atoms with E-state index in [1.165, 1.54) is 0 Å². The Hall–Kier alpha value is -0.370. The number of nitrogen functional groups attached to an aromatic ring is 1. The van der Waals surface area contributed by atoms with Crippen LogP contribution >= 0.6 is 23.5 Å². The molecule has 0 aromatic heterocycles. The van der Waals surface area contributed by atoms with Gasteiger partial charge in [-0.15, -0.1) is 0 Å². The van der Waals surface area contributed by atoms with Crippen LogP contribution in [0.15, 0.2) is 17.0 Å². The van der Waals surface area contributed by atoms with Crippen molar-refractivity contribution in [2.45, 2.75) is 24.0 Å². The molecule has 4 nitrogen and oxygen atoms in total. The van der Waals surface area contributed by atoms with E-state index >= 15 is 0 Å². The zero-order valence-corrected chi connectivity index (χ0v) is 14.1. The van der Waals surface area contributed by atoms with E-state index in [4.69, 9.17) is 5.73 Å². The highest BCUT2D eigenvalue weighted by atomic mass is 32.2. The van der Waals surface area contributed by atoms with Gasteiger partial charge in [0, 0.05) is 34.7 Å². The first-order valence-electron chi connectivity index (χ1n) is 6.46. The Labute approximate surface area is 129 Å². The number of rotatable bonds is 4. The minimum absolute atomic E-state index is 0.359. The molecule has 1 heterocycles. The van der Waals surface area contributed by atoms with Crippen molar-refractivity contribution in [3.8, 4) is 0 Å². The predicted molar refractivity (Wildman–Crippen MR) is 89.1 cm³/mol. The van der Waals surface area contributed by atoms with Crippen molar-refractivity contribution in [1.29, 1.82) is 0 Å².